The highest BCUT2D eigenvalue weighted by Gasteiger charge is 2.26. The van der Waals surface area contributed by atoms with Crippen LogP contribution in [-0.4, -0.2) is 33.6 Å². The highest BCUT2D eigenvalue weighted by atomic mass is 79.9. The number of aromatic amines is 1. The third-order valence-corrected chi connectivity index (χ3v) is 5.46. The predicted octanol–water partition coefficient (Wildman–Crippen LogP) is 3.19. The molecule has 3 aromatic rings. The maximum Gasteiger partial charge on any atom is 0.230 e. The molecule has 26 heavy (non-hydrogen) atoms. The first-order chi connectivity index (χ1) is 12.8. The molecule has 0 radical (unpaired) electrons. The number of nitrogens with one attached hydrogen (secondary N) is 1. The SMILES string of the molecule is Brc1cc(Cc2noc(C3CCc4cn[nH]c4C3)n2)cc2c1OCCO2. The first kappa shape index (κ1) is 15.9. The number of aromatic nitrogens is 4. The van der Waals surface area contributed by atoms with Crippen molar-refractivity contribution in [3.63, 3.8) is 0 Å². The number of halogens is 1. The van der Waals surface area contributed by atoms with Crippen LogP contribution in [0.1, 0.15) is 40.9 Å². The van der Waals surface area contributed by atoms with Gasteiger partial charge in [-0.3, -0.25) is 5.10 Å². The molecule has 0 fully saturated rings. The lowest BCUT2D eigenvalue weighted by molar-refractivity contribution is 0.170. The lowest BCUT2D eigenvalue weighted by atomic mass is 9.88. The second-order valence-corrected chi connectivity index (χ2v) is 7.50. The van der Waals surface area contributed by atoms with Gasteiger partial charge in [-0.15, -0.1) is 0 Å². The van der Waals surface area contributed by atoms with E-state index < -0.39 is 0 Å². The zero-order valence-corrected chi connectivity index (χ0v) is 15.6. The van der Waals surface area contributed by atoms with Gasteiger partial charge in [-0.25, -0.2) is 0 Å². The van der Waals surface area contributed by atoms with Gasteiger partial charge >= 0.3 is 0 Å². The largest absolute Gasteiger partial charge is 0.486 e. The zero-order chi connectivity index (χ0) is 17.5. The summed E-state index contributed by atoms with van der Waals surface area (Å²) < 4.78 is 17.7. The van der Waals surface area contributed by atoms with E-state index in [4.69, 9.17) is 14.0 Å². The van der Waals surface area contributed by atoms with Gasteiger partial charge < -0.3 is 14.0 Å². The molecule has 1 atom stereocenters. The molecule has 7 nitrogen and oxygen atoms in total. The minimum atomic E-state index is 0.246. The number of ether oxygens (including phenoxy) is 2. The number of H-pyrrole nitrogens is 1. The Morgan fingerprint density at radius 3 is 3.12 bits per heavy atom. The summed E-state index contributed by atoms with van der Waals surface area (Å²) in [5.74, 6) is 3.14. The van der Waals surface area contributed by atoms with Crippen LogP contribution in [0.25, 0.3) is 0 Å². The van der Waals surface area contributed by atoms with Gasteiger partial charge in [0.05, 0.1) is 10.7 Å². The topological polar surface area (TPSA) is 86.1 Å². The molecule has 1 aliphatic carbocycles. The maximum atomic E-state index is 5.68. The minimum Gasteiger partial charge on any atom is -0.486 e. The van der Waals surface area contributed by atoms with Gasteiger partial charge in [-0.2, -0.15) is 10.1 Å². The van der Waals surface area contributed by atoms with Gasteiger partial charge in [0.25, 0.3) is 0 Å². The lowest BCUT2D eigenvalue weighted by Gasteiger charge is -2.20. The van der Waals surface area contributed by atoms with Crippen molar-refractivity contribution in [3.8, 4) is 11.5 Å². The minimum absolute atomic E-state index is 0.246. The van der Waals surface area contributed by atoms with Crippen molar-refractivity contribution in [1.82, 2.24) is 20.3 Å². The first-order valence-electron chi connectivity index (χ1n) is 8.68. The van der Waals surface area contributed by atoms with Crippen molar-refractivity contribution < 1.29 is 14.0 Å². The van der Waals surface area contributed by atoms with E-state index in [0.29, 0.717) is 31.3 Å². The van der Waals surface area contributed by atoms with Crippen molar-refractivity contribution in [3.05, 3.63) is 51.3 Å². The lowest BCUT2D eigenvalue weighted by Crippen LogP contribution is -2.16. The van der Waals surface area contributed by atoms with Crippen LogP contribution in [0.4, 0.5) is 0 Å². The Morgan fingerprint density at radius 1 is 1.23 bits per heavy atom. The number of fused-ring (bicyclic) bond motifs is 2. The molecule has 134 valence electrons. The van der Waals surface area contributed by atoms with Gasteiger partial charge in [0.15, 0.2) is 17.3 Å². The number of hydrogen-bond donors (Lipinski definition) is 1. The quantitative estimate of drug-likeness (QED) is 0.705. The van der Waals surface area contributed by atoms with Crippen molar-refractivity contribution in [1.29, 1.82) is 0 Å². The Labute approximate surface area is 158 Å². The summed E-state index contributed by atoms with van der Waals surface area (Å²) in [5, 5.41) is 11.4. The van der Waals surface area contributed by atoms with Crippen LogP contribution in [0, 0.1) is 0 Å². The summed E-state index contributed by atoms with van der Waals surface area (Å²) in [6, 6.07) is 3.99. The summed E-state index contributed by atoms with van der Waals surface area (Å²) in [7, 11) is 0. The van der Waals surface area contributed by atoms with Crippen LogP contribution in [0.3, 0.4) is 0 Å². The smallest absolute Gasteiger partial charge is 0.230 e. The molecule has 0 bridgehead atoms. The van der Waals surface area contributed by atoms with E-state index >= 15 is 0 Å². The molecule has 1 unspecified atom stereocenters. The molecule has 1 aliphatic heterocycles. The second kappa shape index (κ2) is 6.42. The molecule has 0 amide bonds. The van der Waals surface area contributed by atoms with Crippen LogP contribution < -0.4 is 9.47 Å². The number of aryl methyl sites for hydroxylation is 1. The fraction of sp³-hybridized carbons (Fsp3) is 0.389. The Kier molecular flexibility index (Phi) is 3.92. The highest BCUT2D eigenvalue weighted by Crippen LogP contribution is 2.39. The predicted molar refractivity (Wildman–Crippen MR) is 95.6 cm³/mol. The first-order valence-corrected chi connectivity index (χ1v) is 9.47. The summed E-state index contributed by atoms with van der Waals surface area (Å²) in [6.45, 7) is 1.13. The summed E-state index contributed by atoms with van der Waals surface area (Å²) in [5.41, 5.74) is 3.52. The molecule has 0 saturated carbocycles. The molecule has 8 heteroatoms. The highest BCUT2D eigenvalue weighted by molar-refractivity contribution is 9.10. The Hall–Kier alpha value is -2.35. The van der Waals surface area contributed by atoms with Gasteiger partial charge in [-0.1, -0.05) is 5.16 Å². The van der Waals surface area contributed by atoms with Gasteiger partial charge in [0.2, 0.25) is 5.89 Å². The summed E-state index contributed by atoms with van der Waals surface area (Å²) >= 11 is 3.55. The molecule has 3 heterocycles. The third kappa shape index (κ3) is 2.88. The number of benzene rings is 1. The van der Waals surface area contributed by atoms with E-state index in [1.165, 1.54) is 11.3 Å². The zero-order valence-electron chi connectivity index (χ0n) is 14.0. The normalized spacial score (nSPS) is 18.6. The molecule has 2 aromatic heterocycles. The molecular formula is C18H17BrN4O3. The van der Waals surface area contributed by atoms with Crippen LogP contribution in [-0.2, 0) is 19.3 Å². The monoisotopic (exact) mass is 416 g/mol. The van der Waals surface area contributed by atoms with E-state index in [1.54, 1.807) is 0 Å². The Balaban J connectivity index is 1.34. The average molecular weight is 417 g/mol. The van der Waals surface area contributed by atoms with Crippen molar-refractivity contribution in [2.24, 2.45) is 0 Å². The molecular weight excluding hydrogens is 400 g/mol. The van der Waals surface area contributed by atoms with E-state index in [0.717, 1.165) is 40.8 Å². The Bertz CT molecular complexity index is 952. The molecule has 1 aromatic carbocycles. The van der Waals surface area contributed by atoms with E-state index in [2.05, 4.69) is 36.3 Å². The van der Waals surface area contributed by atoms with Crippen molar-refractivity contribution in [2.45, 2.75) is 31.6 Å². The number of rotatable bonds is 3. The molecule has 1 N–H and O–H groups in total. The van der Waals surface area contributed by atoms with Crippen LogP contribution >= 0.6 is 15.9 Å². The number of nitrogens with zero attached hydrogens (tertiary/aromatic N) is 3. The standard InChI is InChI=1S/C18H17BrN4O3/c19-13-5-10(6-15-17(13)25-4-3-24-15)7-16-21-18(26-23-16)11-1-2-12-9-20-22-14(12)8-11/h5-6,9,11H,1-4,7-8H2,(H,20,22). The number of hydrogen-bond acceptors (Lipinski definition) is 6. The summed E-state index contributed by atoms with van der Waals surface area (Å²) in [6.07, 6.45) is 5.35. The van der Waals surface area contributed by atoms with Crippen LogP contribution in [0.5, 0.6) is 11.5 Å². The molecule has 0 saturated heterocycles. The van der Waals surface area contributed by atoms with Gasteiger partial charge in [-0.05, 0) is 52.0 Å². The van der Waals surface area contributed by atoms with Crippen molar-refractivity contribution in [2.75, 3.05) is 13.2 Å². The van der Waals surface area contributed by atoms with E-state index in [9.17, 15) is 0 Å². The van der Waals surface area contributed by atoms with Crippen LogP contribution in [0.2, 0.25) is 0 Å². The fourth-order valence-electron chi connectivity index (χ4n) is 3.57. The second-order valence-electron chi connectivity index (χ2n) is 6.64. The van der Waals surface area contributed by atoms with Gasteiger partial charge in [0, 0.05) is 24.5 Å². The summed E-state index contributed by atoms with van der Waals surface area (Å²) in [4.78, 5) is 4.63. The Morgan fingerprint density at radius 2 is 2.15 bits per heavy atom. The molecule has 5 rings (SSSR count). The molecule has 2 aliphatic rings. The third-order valence-electron chi connectivity index (χ3n) is 4.87. The molecule has 0 spiro atoms. The van der Waals surface area contributed by atoms with Crippen LogP contribution in [0.15, 0.2) is 27.3 Å². The van der Waals surface area contributed by atoms with E-state index in [-0.39, 0.29) is 5.92 Å². The average Bonchev–Trinajstić information content (AvgIpc) is 3.30. The van der Waals surface area contributed by atoms with Gasteiger partial charge in [0.1, 0.15) is 13.2 Å². The van der Waals surface area contributed by atoms with Crippen molar-refractivity contribution >= 4 is 15.9 Å². The van der Waals surface area contributed by atoms with E-state index in [1.807, 2.05) is 18.3 Å². The fourth-order valence-corrected chi connectivity index (χ4v) is 4.18. The maximum absolute atomic E-state index is 5.68.